The summed E-state index contributed by atoms with van der Waals surface area (Å²) in [5, 5.41) is 17.0. The molecule has 3 rings (SSSR count). The van der Waals surface area contributed by atoms with Crippen LogP contribution in [0.3, 0.4) is 0 Å². The first-order valence-electron chi connectivity index (χ1n) is 15.0. The van der Waals surface area contributed by atoms with Gasteiger partial charge in [-0.3, -0.25) is 4.79 Å². The van der Waals surface area contributed by atoms with Crippen LogP contribution in [0.4, 0.5) is 8.78 Å². The number of carbonyl (C=O) groups is 1. The maximum atomic E-state index is 13.9. The molecule has 0 fully saturated rings. The molecule has 3 aromatic rings. The van der Waals surface area contributed by atoms with Crippen molar-refractivity contribution >= 4 is 15.9 Å². The van der Waals surface area contributed by atoms with Crippen molar-refractivity contribution < 1.29 is 27.1 Å². The number of rotatable bonds is 17. The third-order valence-corrected chi connectivity index (χ3v) is 9.56. The average Bonchev–Trinajstić information content (AvgIpc) is 3.00. The van der Waals surface area contributed by atoms with E-state index in [1.165, 1.54) is 41.2 Å². The number of hydrogen-bond donors (Lipinski definition) is 3. The molecule has 1 amide bonds. The minimum atomic E-state index is -3.76. The van der Waals surface area contributed by atoms with E-state index in [0.29, 0.717) is 19.6 Å². The lowest BCUT2D eigenvalue weighted by Gasteiger charge is -2.25. The van der Waals surface area contributed by atoms with Crippen molar-refractivity contribution in [3.63, 3.8) is 0 Å². The first-order chi connectivity index (χ1) is 21.0. The second-order valence-corrected chi connectivity index (χ2v) is 12.9. The van der Waals surface area contributed by atoms with Gasteiger partial charge >= 0.3 is 0 Å². The van der Waals surface area contributed by atoms with E-state index in [1.807, 2.05) is 32.0 Å². The number of nitrogens with zero attached hydrogens (tertiary/aromatic N) is 2. The van der Waals surface area contributed by atoms with Crippen LogP contribution in [-0.2, 0) is 29.4 Å². The number of amides is 1. The Balaban J connectivity index is 1.71. The lowest BCUT2D eigenvalue weighted by molar-refractivity contribution is 0.0829. The van der Waals surface area contributed by atoms with Crippen LogP contribution >= 0.6 is 0 Å². The number of likely N-dealkylation sites (N-methyl/N-ethyl adjacent to an activating group) is 2. The predicted molar refractivity (Wildman–Crippen MR) is 169 cm³/mol. The zero-order valence-corrected chi connectivity index (χ0v) is 26.7. The lowest BCUT2D eigenvalue weighted by Crippen LogP contribution is -2.48. The van der Waals surface area contributed by atoms with Gasteiger partial charge in [0.05, 0.1) is 17.0 Å². The summed E-state index contributed by atoms with van der Waals surface area (Å²) in [4.78, 5) is 15.4. The summed E-state index contributed by atoms with van der Waals surface area (Å²) in [5.41, 5.74) is 2.68. The van der Waals surface area contributed by atoms with Crippen LogP contribution in [0.5, 0.6) is 0 Å². The minimum absolute atomic E-state index is 0.0294. The first-order valence-corrected chi connectivity index (χ1v) is 16.4. The number of aliphatic hydroxyl groups is 1. The van der Waals surface area contributed by atoms with Crippen LogP contribution in [0.1, 0.15) is 47.8 Å². The Morgan fingerprint density at radius 2 is 1.52 bits per heavy atom. The monoisotopic (exact) mass is 630 g/mol. The molecule has 0 saturated carbocycles. The van der Waals surface area contributed by atoms with Gasteiger partial charge in [0.2, 0.25) is 10.0 Å². The fourth-order valence-electron chi connectivity index (χ4n) is 4.88. The van der Waals surface area contributed by atoms with Crippen molar-refractivity contribution in [2.75, 3.05) is 39.8 Å². The second kappa shape index (κ2) is 16.7. The van der Waals surface area contributed by atoms with E-state index < -0.39 is 39.7 Å². The fraction of sp³-hybridized carbons (Fsp3) is 0.424. The molecule has 44 heavy (non-hydrogen) atoms. The summed E-state index contributed by atoms with van der Waals surface area (Å²) >= 11 is 0. The Kier molecular flexibility index (Phi) is 13.4. The molecule has 0 saturated heterocycles. The third kappa shape index (κ3) is 10.2. The standard InChI is InChI=1S/C33H44F2N4O4S/c1-5-24-9-8-10-25(17-24)22-36-23-32(40)31(20-26-18-28(34)21-29(35)19-26)37-33(41)27-11-13-30(14-12-27)44(42,43)38(4)15-16-39(6-2)7-3/h8-14,17-19,21,31-32,36,40H,5-7,15-16,20,22-23H2,1-4H3,(H,37,41). The summed E-state index contributed by atoms with van der Waals surface area (Å²) in [5.74, 6) is -2.07. The molecule has 0 aliphatic heterocycles. The van der Waals surface area contributed by atoms with Crippen LogP contribution in [0.25, 0.3) is 0 Å². The van der Waals surface area contributed by atoms with Gasteiger partial charge in [0, 0.05) is 44.9 Å². The normalized spacial score (nSPS) is 13.3. The minimum Gasteiger partial charge on any atom is -0.390 e. The Morgan fingerprint density at radius 1 is 0.886 bits per heavy atom. The van der Waals surface area contributed by atoms with Crippen LogP contribution in [-0.4, -0.2) is 80.6 Å². The van der Waals surface area contributed by atoms with E-state index in [2.05, 4.69) is 28.5 Å². The molecule has 8 nitrogen and oxygen atoms in total. The van der Waals surface area contributed by atoms with Crippen molar-refractivity contribution in [1.29, 1.82) is 0 Å². The molecule has 0 radical (unpaired) electrons. The van der Waals surface area contributed by atoms with Gasteiger partial charge in [-0.05, 0) is 79.0 Å². The summed E-state index contributed by atoms with van der Waals surface area (Å²) in [6.45, 7) is 9.26. The number of aryl methyl sites for hydroxylation is 1. The molecular weight excluding hydrogens is 586 g/mol. The molecule has 3 N–H and O–H groups in total. The summed E-state index contributed by atoms with van der Waals surface area (Å²) in [6.07, 6.45) is -0.230. The molecule has 11 heteroatoms. The van der Waals surface area contributed by atoms with Gasteiger partial charge < -0.3 is 20.6 Å². The molecule has 0 spiro atoms. The van der Waals surface area contributed by atoms with Gasteiger partial charge in [-0.15, -0.1) is 0 Å². The molecular formula is C33H44F2N4O4S. The molecule has 3 aromatic carbocycles. The molecule has 0 aromatic heterocycles. The molecule has 2 atom stereocenters. The summed E-state index contributed by atoms with van der Waals surface area (Å²) in [7, 11) is -2.24. The van der Waals surface area contributed by atoms with E-state index in [0.717, 1.165) is 43.3 Å². The van der Waals surface area contributed by atoms with E-state index in [4.69, 9.17) is 0 Å². The van der Waals surface area contributed by atoms with Crippen molar-refractivity contribution in [3.05, 3.63) is 101 Å². The number of aliphatic hydroxyl groups excluding tert-OH is 1. The maximum Gasteiger partial charge on any atom is 0.251 e. The van der Waals surface area contributed by atoms with E-state index in [9.17, 15) is 27.1 Å². The van der Waals surface area contributed by atoms with Crippen LogP contribution in [0.15, 0.2) is 71.6 Å². The van der Waals surface area contributed by atoms with Gasteiger partial charge in [0.15, 0.2) is 0 Å². The Morgan fingerprint density at radius 3 is 2.14 bits per heavy atom. The number of sulfonamides is 1. The Hall–Kier alpha value is -3.22. The number of halogens is 2. The molecule has 2 unspecified atom stereocenters. The molecule has 0 heterocycles. The van der Waals surface area contributed by atoms with E-state index in [1.54, 1.807) is 0 Å². The highest BCUT2D eigenvalue weighted by Gasteiger charge is 2.25. The van der Waals surface area contributed by atoms with Crippen LogP contribution in [0.2, 0.25) is 0 Å². The molecule has 0 aliphatic rings. The van der Waals surface area contributed by atoms with Crippen molar-refractivity contribution in [2.24, 2.45) is 0 Å². The third-order valence-electron chi connectivity index (χ3n) is 7.69. The zero-order valence-electron chi connectivity index (χ0n) is 25.9. The number of benzene rings is 3. The predicted octanol–water partition coefficient (Wildman–Crippen LogP) is 3.98. The van der Waals surface area contributed by atoms with Gasteiger partial charge in [-0.2, -0.15) is 4.31 Å². The molecule has 240 valence electrons. The highest BCUT2D eigenvalue weighted by Crippen LogP contribution is 2.17. The van der Waals surface area contributed by atoms with E-state index >= 15 is 0 Å². The zero-order chi connectivity index (χ0) is 32.3. The summed E-state index contributed by atoms with van der Waals surface area (Å²) < 4.78 is 55.3. The SMILES string of the molecule is CCc1cccc(CNCC(O)C(Cc2cc(F)cc(F)c2)NC(=O)c2ccc(S(=O)(=O)N(C)CCN(CC)CC)cc2)c1. The second-order valence-electron chi connectivity index (χ2n) is 10.8. The fourth-order valence-corrected chi connectivity index (χ4v) is 6.05. The number of carbonyl (C=O) groups excluding carboxylic acids is 1. The first kappa shape index (κ1) is 35.3. The highest BCUT2D eigenvalue weighted by molar-refractivity contribution is 7.89. The largest absolute Gasteiger partial charge is 0.390 e. The quantitative estimate of drug-likeness (QED) is 0.209. The Labute approximate surface area is 260 Å². The van der Waals surface area contributed by atoms with E-state index in [-0.39, 0.29) is 29.0 Å². The highest BCUT2D eigenvalue weighted by atomic mass is 32.2. The van der Waals surface area contributed by atoms with Crippen LogP contribution in [0, 0.1) is 11.6 Å². The Bertz CT molecular complexity index is 1450. The molecule has 0 aliphatic carbocycles. The average molecular weight is 631 g/mol. The number of nitrogens with one attached hydrogen (secondary N) is 2. The van der Waals surface area contributed by atoms with Gasteiger partial charge in [-0.1, -0.05) is 45.0 Å². The van der Waals surface area contributed by atoms with Crippen LogP contribution < -0.4 is 10.6 Å². The smallest absolute Gasteiger partial charge is 0.251 e. The molecule has 0 bridgehead atoms. The topological polar surface area (TPSA) is 102 Å². The van der Waals surface area contributed by atoms with Gasteiger partial charge in [0.1, 0.15) is 11.6 Å². The summed E-state index contributed by atoms with van der Waals surface area (Å²) in [6, 6.07) is 15.8. The lowest BCUT2D eigenvalue weighted by atomic mass is 10.00. The van der Waals surface area contributed by atoms with Gasteiger partial charge in [0.25, 0.3) is 5.91 Å². The van der Waals surface area contributed by atoms with Crippen molar-refractivity contribution in [3.8, 4) is 0 Å². The number of hydrogen-bond acceptors (Lipinski definition) is 6. The van der Waals surface area contributed by atoms with Gasteiger partial charge in [-0.25, -0.2) is 17.2 Å². The van der Waals surface area contributed by atoms with Crippen molar-refractivity contribution in [1.82, 2.24) is 19.8 Å². The van der Waals surface area contributed by atoms with Crippen molar-refractivity contribution in [2.45, 2.75) is 57.2 Å². The maximum absolute atomic E-state index is 13.9.